The van der Waals surface area contributed by atoms with Crippen LogP contribution in [0.1, 0.15) is 61.7 Å². The lowest BCUT2D eigenvalue weighted by Gasteiger charge is -2.18. The van der Waals surface area contributed by atoms with Gasteiger partial charge in [0.15, 0.2) is 0 Å². The highest BCUT2D eigenvalue weighted by molar-refractivity contribution is 6.01. The van der Waals surface area contributed by atoms with Crippen molar-refractivity contribution >= 4 is 16.9 Å². The molecule has 0 aliphatic heterocycles. The minimum Gasteiger partial charge on any atom is -0.349 e. The van der Waals surface area contributed by atoms with Crippen molar-refractivity contribution in [2.75, 3.05) is 0 Å². The standard InChI is InChI=1S/C20H25N5O/c26-20(25-16-7-5-3-1-2-4-6-8-16)14-9-17-18(15-11-23-24-12-15)13-22-19(17)21-10-14/h9-13,16H,1-8H2,(H,21,22)(H,23,24)(H,25,26). The highest BCUT2D eigenvalue weighted by Gasteiger charge is 2.17. The highest BCUT2D eigenvalue weighted by Crippen LogP contribution is 2.27. The zero-order chi connectivity index (χ0) is 17.8. The molecule has 0 saturated heterocycles. The third-order valence-corrected chi connectivity index (χ3v) is 5.29. The van der Waals surface area contributed by atoms with Gasteiger partial charge in [-0.15, -0.1) is 0 Å². The Morgan fingerprint density at radius 3 is 2.54 bits per heavy atom. The number of fused-ring (bicyclic) bond motifs is 1. The summed E-state index contributed by atoms with van der Waals surface area (Å²) >= 11 is 0. The smallest absolute Gasteiger partial charge is 0.253 e. The number of hydrogen-bond acceptors (Lipinski definition) is 3. The van der Waals surface area contributed by atoms with Gasteiger partial charge in [0, 0.05) is 41.1 Å². The Bertz CT molecular complexity index is 858. The number of carbonyl (C=O) groups excluding carboxylic acids is 1. The Morgan fingerprint density at radius 2 is 1.81 bits per heavy atom. The van der Waals surface area contributed by atoms with E-state index in [0.29, 0.717) is 5.56 Å². The largest absolute Gasteiger partial charge is 0.349 e. The third-order valence-electron chi connectivity index (χ3n) is 5.29. The van der Waals surface area contributed by atoms with Crippen LogP contribution in [0.3, 0.4) is 0 Å². The Morgan fingerprint density at radius 1 is 1.04 bits per heavy atom. The molecule has 0 spiro atoms. The van der Waals surface area contributed by atoms with E-state index >= 15 is 0 Å². The number of aromatic nitrogens is 4. The lowest BCUT2D eigenvalue weighted by molar-refractivity contribution is 0.0932. The molecule has 0 radical (unpaired) electrons. The minimum absolute atomic E-state index is 0.0250. The first kappa shape index (κ1) is 16.8. The summed E-state index contributed by atoms with van der Waals surface area (Å²) in [6.07, 6.45) is 16.9. The number of rotatable bonds is 3. The average Bonchev–Trinajstić information content (AvgIpc) is 3.33. The average molecular weight is 351 g/mol. The van der Waals surface area contributed by atoms with Crippen LogP contribution in [-0.4, -0.2) is 32.1 Å². The normalized spacial score (nSPS) is 16.8. The van der Waals surface area contributed by atoms with Gasteiger partial charge in [0.2, 0.25) is 0 Å². The molecule has 3 N–H and O–H groups in total. The molecule has 3 aromatic rings. The molecule has 0 bridgehead atoms. The second-order valence-electron chi connectivity index (χ2n) is 7.18. The van der Waals surface area contributed by atoms with Crippen molar-refractivity contribution in [3.8, 4) is 11.1 Å². The quantitative estimate of drug-likeness (QED) is 0.661. The molecule has 6 nitrogen and oxygen atoms in total. The van der Waals surface area contributed by atoms with Gasteiger partial charge in [-0.3, -0.25) is 9.89 Å². The van der Waals surface area contributed by atoms with E-state index in [0.717, 1.165) is 35.0 Å². The number of amides is 1. The molecule has 3 heterocycles. The van der Waals surface area contributed by atoms with Crippen LogP contribution in [0.15, 0.2) is 30.9 Å². The van der Waals surface area contributed by atoms with Gasteiger partial charge < -0.3 is 10.3 Å². The number of hydrogen-bond donors (Lipinski definition) is 3. The van der Waals surface area contributed by atoms with Crippen LogP contribution < -0.4 is 5.32 Å². The summed E-state index contributed by atoms with van der Waals surface area (Å²) in [6.45, 7) is 0. The van der Waals surface area contributed by atoms with E-state index in [2.05, 4.69) is 25.5 Å². The van der Waals surface area contributed by atoms with Crippen LogP contribution in [-0.2, 0) is 0 Å². The maximum atomic E-state index is 12.8. The summed E-state index contributed by atoms with van der Waals surface area (Å²) in [4.78, 5) is 20.4. The van der Waals surface area contributed by atoms with Crippen LogP contribution in [0.2, 0.25) is 0 Å². The zero-order valence-corrected chi connectivity index (χ0v) is 14.9. The summed E-state index contributed by atoms with van der Waals surface area (Å²) in [6, 6.07) is 2.20. The predicted molar refractivity (Wildman–Crippen MR) is 102 cm³/mol. The summed E-state index contributed by atoms with van der Waals surface area (Å²) in [5, 5.41) is 11.0. The van der Waals surface area contributed by atoms with Gasteiger partial charge in [-0.25, -0.2) is 4.98 Å². The summed E-state index contributed by atoms with van der Waals surface area (Å²) in [5.41, 5.74) is 3.37. The lowest BCUT2D eigenvalue weighted by atomic mass is 10.0. The SMILES string of the molecule is O=C(NC1CCCCCCCC1)c1cnc2[nH]cc(-c3cn[nH]c3)c2c1. The lowest BCUT2D eigenvalue weighted by Crippen LogP contribution is -2.34. The number of pyridine rings is 1. The molecular weight excluding hydrogens is 326 g/mol. The van der Waals surface area contributed by atoms with E-state index in [1.807, 2.05) is 18.5 Å². The highest BCUT2D eigenvalue weighted by atomic mass is 16.1. The molecule has 3 aromatic heterocycles. The van der Waals surface area contributed by atoms with Gasteiger partial charge in [-0.1, -0.05) is 38.5 Å². The summed E-state index contributed by atoms with van der Waals surface area (Å²) < 4.78 is 0. The van der Waals surface area contributed by atoms with Crippen LogP contribution in [0.5, 0.6) is 0 Å². The Kier molecular flexibility index (Phi) is 5.00. The van der Waals surface area contributed by atoms with Crippen molar-refractivity contribution in [3.63, 3.8) is 0 Å². The fourth-order valence-corrected chi connectivity index (χ4v) is 3.81. The molecule has 1 fully saturated rings. The Labute approximate surface area is 152 Å². The first-order chi connectivity index (χ1) is 12.8. The van der Waals surface area contributed by atoms with Gasteiger partial charge >= 0.3 is 0 Å². The number of nitrogens with one attached hydrogen (secondary N) is 3. The molecule has 26 heavy (non-hydrogen) atoms. The predicted octanol–water partition coefficient (Wildman–Crippen LogP) is 4.19. The fraction of sp³-hybridized carbons (Fsp3) is 0.450. The first-order valence-corrected chi connectivity index (χ1v) is 9.58. The number of nitrogens with zero attached hydrogens (tertiary/aromatic N) is 2. The van der Waals surface area contributed by atoms with Gasteiger partial charge in [0.05, 0.1) is 11.8 Å². The van der Waals surface area contributed by atoms with Gasteiger partial charge in [-0.2, -0.15) is 5.10 Å². The van der Waals surface area contributed by atoms with Crippen LogP contribution in [0.25, 0.3) is 22.2 Å². The second kappa shape index (κ2) is 7.72. The maximum Gasteiger partial charge on any atom is 0.253 e. The molecule has 0 atom stereocenters. The topological polar surface area (TPSA) is 86.5 Å². The maximum absolute atomic E-state index is 12.8. The molecule has 4 rings (SSSR count). The van der Waals surface area contributed by atoms with Gasteiger partial charge in [0.25, 0.3) is 5.91 Å². The number of H-pyrrole nitrogens is 2. The van der Waals surface area contributed by atoms with Crippen molar-refractivity contribution in [1.82, 2.24) is 25.5 Å². The molecule has 0 aromatic carbocycles. The fourth-order valence-electron chi connectivity index (χ4n) is 3.81. The van der Waals surface area contributed by atoms with Crippen LogP contribution in [0.4, 0.5) is 0 Å². The van der Waals surface area contributed by atoms with E-state index in [1.54, 1.807) is 12.4 Å². The van der Waals surface area contributed by atoms with Crippen molar-refractivity contribution < 1.29 is 4.79 Å². The van der Waals surface area contributed by atoms with Crippen molar-refractivity contribution in [1.29, 1.82) is 0 Å². The zero-order valence-electron chi connectivity index (χ0n) is 14.9. The van der Waals surface area contributed by atoms with E-state index in [9.17, 15) is 4.79 Å². The van der Waals surface area contributed by atoms with Gasteiger partial charge in [-0.05, 0) is 18.9 Å². The minimum atomic E-state index is -0.0250. The molecule has 1 aliphatic carbocycles. The number of carbonyl (C=O) groups is 1. The van der Waals surface area contributed by atoms with Crippen LogP contribution >= 0.6 is 0 Å². The van der Waals surface area contributed by atoms with E-state index in [4.69, 9.17) is 0 Å². The van der Waals surface area contributed by atoms with Crippen LogP contribution in [0, 0.1) is 0 Å². The Balaban J connectivity index is 1.53. The molecule has 0 unspecified atom stereocenters. The molecule has 6 heteroatoms. The van der Waals surface area contributed by atoms with Crippen molar-refractivity contribution in [2.45, 2.75) is 57.4 Å². The van der Waals surface area contributed by atoms with Gasteiger partial charge in [0.1, 0.15) is 5.65 Å². The third kappa shape index (κ3) is 3.64. The molecule has 1 saturated carbocycles. The second-order valence-corrected chi connectivity index (χ2v) is 7.18. The molecular formula is C20H25N5O. The summed E-state index contributed by atoms with van der Waals surface area (Å²) in [5.74, 6) is -0.0250. The Hall–Kier alpha value is -2.63. The summed E-state index contributed by atoms with van der Waals surface area (Å²) in [7, 11) is 0. The van der Waals surface area contributed by atoms with Crippen molar-refractivity contribution in [2.24, 2.45) is 0 Å². The van der Waals surface area contributed by atoms with Crippen molar-refractivity contribution in [3.05, 3.63) is 36.4 Å². The molecule has 136 valence electrons. The van der Waals surface area contributed by atoms with E-state index in [-0.39, 0.29) is 11.9 Å². The first-order valence-electron chi connectivity index (χ1n) is 9.58. The van der Waals surface area contributed by atoms with E-state index < -0.39 is 0 Å². The number of aromatic amines is 2. The monoisotopic (exact) mass is 351 g/mol. The molecule has 1 amide bonds. The van der Waals surface area contributed by atoms with E-state index in [1.165, 1.54) is 38.5 Å². The molecule has 1 aliphatic rings.